The number of carbonyl (C=O) groups is 2. The molecule has 34 heavy (non-hydrogen) atoms. The van der Waals surface area contributed by atoms with Crippen molar-refractivity contribution in [2.45, 2.75) is 33.2 Å². The molecule has 0 saturated carbocycles. The lowest BCUT2D eigenvalue weighted by atomic mass is 10.0. The lowest BCUT2D eigenvalue weighted by molar-refractivity contribution is -0.121. The van der Waals surface area contributed by atoms with E-state index < -0.39 is 35.7 Å². The molecule has 1 aliphatic rings. The van der Waals surface area contributed by atoms with Gasteiger partial charge in [0.2, 0.25) is 5.88 Å². The van der Waals surface area contributed by atoms with Gasteiger partial charge in [-0.1, -0.05) is 43.0 Å². The first-order valence-corrected chi connectivity index (χ1v) is 11.7. The molecule has 2 aromatic rings. The minimum Gasteiger partial charge on any atom is -0.497 e. The number of thioether (sulfide) groups is 1. The quantitative estimate of drug-likeness (QED) is 0.349. The van der Waals surface area contributed by atoms with Gasteiger partial charge in [-0.3, -0.25) is 23.9 Å². The van der Waals surface area contributed by atoms with E-state index in [1.165, 1.54) is 6.92 Å². The number of ketones is 1. The van der Waals surface area contributed by atoms with Gasteiger partial charge in [0, 0.05) is 6.04 Å². The second-order valence-corrected chi connectivity index (χ2v) is 9.38. The Hall–Kier alpha value is -3.42. The molecule has 0 aliphatic carbocycles. The van der Waals surface area contributed by atoms with E-state index in [9.17, 15) is 24.8 Å². The second-order valence-electron chi connectivity index (χ2n) is 7.71. The molecule has 1 fully saturated rings. The van der Waals surface area contributed by atoms with Gasteiger partial charge in [-0.05, 0) is 49.6 Å². The zero-order valence-electron chi connectivity index (χ0n) is 19.1. The third kappa shape index (κ3) is 4.62. The predicted molar refractivity (Wildman–Crippen MR) is 134 cm³/mol. The molecular formula is C24H23N3O5S2. The summed E-state index contributed by atoms with van der Waals surface area (Å²) in [5, 5.41) is 20.3. The van der Waals surface area contributed by atoms with Gasteiger partial charge in [-0.2, -0.15) is 5.26 Å². The number of nitrogens with zero attached hydrogens (tertiary/aromatic N) is 3. The zero-order chi connectivity index (χ0) is 25.2. The SMILES string of the molecule is CCC(C)n1c(O)c(C(=O)CN2C(=O)/C(=C/c3ccc(OC)cc3)SC2=S)c(C)c(C#N)c1=O. The van der Waals surface area contributed by atoms with Crippen molar-refractivity contribution >= 4 is 46.1 Å². The highest BCUT2D eigenvalue weighted by molar-refractivity contribution is 8.26. The van der Waals surface area contributed by atoms with E-state index in [1.807, 2.05) is 13.0 Å². The van der Waals surface area contributed by atoms with Crippen molar-refractivity contribution in [1.29, 1.82) is 5.26 Å². The second kappa shape index (κ2) is 10.2. The number of Topliss-reactive ketones (excluding diaryl/α,β-unsaturated/α-hetero) is 1. The Morgan fingerprint density at radius 2 is 1.97 bits per heavy atom. The summed E-state index contributed by atoms with van der Waals surface area (Å²) >= 11 is 6.39. The number of thiocarbonyl (C=S) groups is 1. The fourth-order valence-electron chi connectivity index (χ4n) is 3.56. The number of aromatic nitrogens is 1. The van der Waals surface area contributed by atoms with Gasteiger partial charge in [-0.15, -0.1) is 0 Å². The standard InChI is InChI=1S/C24H23N3O5S2/c1-5-13(2)27-21(29)17(11-25)14(3)20(23(27)31)18(28)12-26-22(30)19(34-24(26)33)10-15-6-8-16(32-4)9-7-15/h6-10,13,31H,5,12H2,1-4H3/b19-10-. The number of pyridine rings is 1. The topological polar surface area (TPSA) is 113 Å². The Morgan fingerprint density at radius 3 is 2.53 bits per heavy atom. The lowest BCUT2D eigenvalue weighted by Gasteiger charge is -2.21. The van der Waals surface area contributed by atoms with E-state index in [2.05, 4.69) is 0 Å². The number of nitriles is 1. The van der Waals surface area contributed by atoms with Crippen molar-refractivity contribution in [1.82, 2.24) is 9.47 Å². The van der Waals surface area contributed by atoms with Crippen molar-refractivity contribution in [2.75, 3.05) is 13.7 Å². The first kappa shape index (κ1) is 25.2. The van der Waals surface area contributed by atoms with Crippen molar-refractivity contribution < 1.29 is 19.4 Å². The van der Waals surface area contributed by atoms with Crippen LogP contribution in [0.5, 0.6) is 11.6 Å². The smallest absolute Gasteiger partial charge is 0.271 e. The molecule has 1 saturated heterocycles. The number of hydrogen-bond donors (Lipinski definition) is 1. The Morgan fingerprint density at radius 1 is 1.32 bits per heavy atom. The maximum absolute atomic E-state index is 13.2. The van der Waals surface area contributed by atoms with Gasteiger partial charge in [0.05, 0.1) is 24.1 Å². The molecule has 1 aromatic heterocycles. The number of benzene rings is 1. The molecule has 10 heteroatoms. The summed E-state index contributed by atoms with van der Waals surface area (Å²) in [5.74, 6) is -0.890. The van der Waals surface area contributed by atoms with Crippen LogP contribution >= 0.6 is 24.0 Å². The van der Waals surface area contributed by atoms with Crippen LogP contribution in [0.25, 0.3) is 6.08 Å². The van der Waals surface area contributed by atoms with Crippen molar-refractivity contribution in [3.63, 3.8) is 0 Å². The number of amides is 1. The van der Waals surface area contributed by atoms with Crippen molar-refractivity contribution in [3.8, 4) is 17.7 Å². The summed E-state index contributed by atoms with van der Waals surface area (Å²) in [6.45, 7) is 4.53. The molecule has 0 bridgehead atoms. The van der Waals surface area contributed by atoms with E-state index in [0.717, 1.165) is 26.8 Å². The van der Waals surface area contributed by atoms with Crippen LogP contribution in [0.2, 0.25) is 0 Å². The molecule has 3 rings (SSSR count). The molecule has 176 valence electrons. The Kier molecular flexibility index (Phi) is 7.59. The van der Waals surface area contributed by atoms with Crippen molar-refractivity contribution in [3.05, 3.63) is 61.8 Å². The average molecular weight is 498 g/mol. The van der Waals surface area contributed by atoms with Crippen LogP contribution in [0.3, 0.4) is 0 Å². The van der Waals surface area contributed by atoms with Crippen LogP contribution in [0.1, 0.15) is 53.4 Å². The highest BCUT2D eigenvalue weighted by Crippen LogP contribution is 2.34. The molecule has 1 aromatic carbocycles. The molecule has 0 spiro atoms. The summed E-state index contributed by atoms with van der Waals surface area (Å²) in [6, 6.07) is 8.51. The number of hydrogen-bond acceptors (Lipinski definition) is 8. The van der Waals surface area contributed by atoms with Gasteiger partial charge in [0.1, 0.15) is 21.7 Å². The summed E-state index contributed by atoms with van der Waals surface area (Å²) < 4.78 is 6.38. The summed E-state index contributed by atoms with van der Waals surface area (Å²) in [7, 11) is 1.56. The fraction of sp³-hybridized carbons (Fsp3) is 0.292. The predicted octanol–water partition coefficient (Wildman–Crippen LogP) is 3.80. The fourth-order valence-corrected chi connectivity index (χ4v) is 4.81. The highest BCUT2D eigenvalue weighted by atomic mass is 32.2. The van der Waals surface area contributed by atoms with Gasteiger partial charge >= 0.3 is 0 Å². The Bertz CT molecular complexity index is 1310. The van der Waals surface area contributed by atoms with E-state index in [4.69, 9.17) is 17.0 Å². The van der Waals surface area contributed by atoms with Gasteiger partial charge < -0.3 is 9.84 Å². The molecular weight excluding hydrogens is 474 g/mol. The van der Waals surface area contributed by atoms with Crippen molar-refractivity contribution in [2.24, 2.45) is 0 Å². The average Bonchev–Trinajstić information content (AvgIpc) is 3.06. The van der Waals surface area contributed by atoms with Crippen LogP contribution in [0.15, 0.2) is 34.0 Å². The molecule has 1 N–H and O–H groups in total. The molecule has 8 nitrogen and oxygen atoms in total. The van der Waals surface area contributed by atoms with Gasteiger partial charge in [0.15, 0.2) is 5.78 Å². The minimum atomic E-state index is -0.656. The maximum Gasteiger partial charge on any atom is 0.271 e. The molecule has 1 unspecified atom stereocenters. The van der Waals surface area contributed by atoms with Crippen LogP contribution in [0.4, 0.5) is 0 Å². The monoisotopic (exact) mass is 497 g/mol. The lowest BCUT2D eigenvalue weighted by Crippen LogP contribution is -2.35. The molecule has 0 radical (unpaired) electrons. The number of rotatable bonds is 7. The molecule has 1 amide bonds. The van der Waals surface area contributed by atoms with Gasteiger partial charge in [-0.25, -0.2) is 0 Å². The number of methoxy groups -OCH3 is 1. The van der Waals surface area contributed by atoms with Gasteiger partial charge in [0.25, 0.3) is 11.5 Å². The van der Waals surface area contributed by atoms with Crippen LogP contribution < -0.4 is 10.3 Å². The molecule has 1 atom stereocenters. The zero-order valence-corrected chi connectivity index (χ0v) is 20.7. The first-order chi connectivity index (χ1) is 16.1. The number of aromatic hydroxyl groups is 1. The molecule has 1 aliphatic heterocycles. The summed E-state index contributed by atoms with van der Waals surface area (Å²) in [4.78, 5) is 40.4. The highest BCUT2D eigenvalue weighted by Gasteiger charge is 2.35. The van der Waals surface area contributed by atoms with Crippen LogP contribution in [-0.2, 0) is 4.79 Å². The first-order valence-electron chi connectivity index (χ1n) is 10.4. The molecule has 2 heterocycles. The normalized spacial score (nSPS) is 15.5. The van der Waals surface area contributed by atoms with Crippen LogP contribution in [0, 0.1) is 18.3 Å². The third-order valence-electron chi connectivity index (χ3n) is 5.65. The third-order valence-corrected chi connectivity index (χ3v) is 7.02. The number of carbonyl (C=O) groups excluding carboxylic acids is 2. The van der Waals surface area contributed by atoms with Crippen LogP contribution in [-0.4, -0.2) is 44.2 Å². The Labute approximate surface area is 206 Å². The summed E-state index contributed by atoms with van der Waals surface area (Å²) in [5.41, 5.74) is -0.193. The van der Waals surface area contributed by atoms with E-state index in [1.54, 1.807) is 44.4 Å². The number of ether oxygens (including phenoxy) is 1. The summed E-state index contributed by atoms with van der Waals surface area (Å²) in [6.07, 6.45) is 2.17. The Balaban J connectivity index is 1.94. The van der Waals surface area contributed by atoms with E-state index in [0.29, 0.717) is 17.1 Å². The van der Waals surface area contributed by atoms with E-state index >= 15 is 0 Å². The minimum absolute atomic E-state index is 0.0776. The maximum atomic E-state index is 13.2. The van der Waals surface area contributed by atoms with E-state index in [-0.39, 0.29) is 21.0 Å². The largest absolute Gasteiger partial charge is 0.497 e.